The first-order chi connectivity index (χ1) is 14.8. The van der Waals surface area contributed by atoms with Gasteiger partial charge < -0.3 is 10.0 Å². The molecule has 178 valence electrons. The van der Waals surface area contributed by atoms with Gasteiger partial charge in [0.2, 0.25) is 0 Å². The lowest BCUT2D eigenvalue weighted by atomic mass is 9.78. The van der Waals surface area contributed by atoms with Crippen LogP contribution in [0, 0.1) is 12.3 Å². The first-order valence-electron chi connectivity index (χ1n) is 11.3. The molecular weight excluding hydrogens is 476 g/mol. The van der Waals surface area contributed by atoms with Gasteiger partial charge in [0.05, 0.1) is 6.54 Å². The second-order valence-corrected chi connectivity index (χ2v) is 10.9. The van der Waals surface area contributed by atoms with Crippen molar-refractivity contribution in [3.63, 3.8) is 0 Å². The first-order valence-corrected chi connectivity index (χ1v) is 11.3. The smallest absolute Gasteiger partial charge is 0.182 e. The van der Waals surface area contributed by atoms with Gasteiger partial charge in [-0.25, -0.2) is 0 Å². The van der Waals surface area contributed by atoms with Crippen molar-refractivity contribution in [2.75, 3.05) is 13.1 Å². The van der Waals surface area contributed by atoms with Gasteiger partial charge in [-0.3, -0.25) is 10.2 Å². The molecule has 0 amide bonds. The van der Waals surface area contributed by atoms with Crippen LogP contribution in [0.25, 0.3) is 6.08 Å². The minimum atomic E-state index is -0.287. The molecule has 2 aromatic rings. The number of rotatable bonds is 4. The van der Waals surface area contributed by atoms with Crippen molar-refractivity contribution >= 4 is 34.7 Å². The monoisotopic (exact) mass is 512 g/mol. The van der Waals surface area contributed by atoms with E-state index in [2.05, 4.69) is 31.2 Å². The van der Waals surface area contributed by atoms with E-state index in [0.29, 0.717) is 17.9 Å². The number of carbonyl (C=O) groups is 1. The number of aryl methyl sites for hydroxylation is 1. The number of nitrogens with one attached hydrogen (secondary N) is 1. The van der Waals surface area contributed by atoms with E-state index >= 15 is 0 Å². The minimum Gasteiger partial charge on any atom is -0.507 e. The van der Waals surface area contributed by atoms with Crippen LogP contribution >= 0.6 is 17.0 Å². The number of hydrogen-bond acceptors (Lipinski definition) is 3. The second-order valence-electron chi connectivity index (χ2n) is 10.9. The summed E-state index contributed by atoms with van der Waals surface area (Å²) in [5.41, 5.74) is 4.83. The maximum absolute atomic E-state index is 13.3. The lowest BCUT2D eigenvalue weighted by Crippen LogP contribution is -2.31. The molecule has 3 rings (SSSR count). The number of phenolic OH excluding ortho intramolecular Hbond substituents is 1. The fraction of sp³-hybridized carbons (Fsp3) is 0.429. The standard InChI is InChI=1S/C28H36N2O2.BrH/c1-18-8-10-19(11-9-18)14-20-12-13-30(26(20)29)17-24(31)21-15-22(27(2,3)4)25(32)23(16-21)28(5,6)7;/h8-11,14-16,29,32H,12-13,17H2,1-7H3;1H/b20-14+,29-26?;. The summed E-state index contributed by atoms with van der Waals surface area (Å²) in [5.74, 6) is 0.672. The Morgan fingerprint density at radius 1 is 1.03 bits per heavy atom. The number of amidine groups is 1. The van der Waals surface area contributed by atoms with Crippen LogP contribution in [0.5, 0.6) is 5.75 Å². The maximum Gasteiger partial charge on any atom is 0.182 e. The molecule has 4 nitrogen and oxygen atoms in total. The molecule has 33 heavy (non-hydrogen) atoms. The highest BCUT2D eigenvalue weighted by Gasteiger charge is 2.29. The van der Waals surface area contributed by atoms with Crippen molar-refractivity contribution in [1.82, 2.24) is 4.90 Å². The zero-order valence-electron chi connectivity index (χ0n) is 20.9. The van der Waals surface area contributed by atoms with Crippen LogP contribution in [-0.4, -0.2) is 34.7 Å². The zero-order chi connectivity index (χ0) is 23.8. The zero-order valence-corrected chi connectivity index (χ0v) is 22.6. The Kier molecular flexibility index (Phi) is 8.01. The van der Waals surface area contributed by atoms with Crippen LogP contribution in [0.1, 0.15) is 80.6 Å². The molecule has 1 aliphatic heterocycles. The lowest BCUT2D eigenvalue weighted by Gasteiger charge is -2.28. The number of aromatic hydroxyl groups is 1. The summed E-state index contributed by atoms with van der Waals surface area (Å²) in [5, 5.41) is 19.5. The normalized spacial score (nSPS) is 15.7. The van der Waals surface area contributed by atoms with Crippen LogP contribution < -0.4 is 0 Å². The molecule has 1 aliphatic rings. The van der Waals surface area contributed by atoms with Crippen LogP contribution in [-0.2, 0) is 10.8 Å². The Morgan fingerprint density at radius 3 is 2.03 bits per heavy atom. The van der Waals surface area contributed by atoms with E-state index in [1.54, 1.807) is 0 Å². The van der Waals surface area contributed by atoms with E-state index in [4.69, 9.17) is 5.41 Å². The van der Waals surface area contributed by atoms with E-state index < -0.39 is 0 Å². The van der Waals surface area contributed by atoms with Gasteiger partial charge >= 0.3 is 0 Å². The Balaban J connectivity index is 0.00000385. The summed E-state index contributed by atoms with van der Waals surface area (Å²) in [6.07, 6.45) is 2.80. The predicted molar refractivity (Wildman–Crippen MR) is 143 cm³/mol. The summed E-state index contributed by atoms with van der Waals surface area (Å²) >= 11 is 0. The van der Waals surface area contributed by atoms with Gasteiger partial charge in [-0.05, 0) is 53.5 Å². The lowest BCUT2D eigenvalue weighted by molar-refractivity contribution is 0.0965. The molecule has 5 heteroatoms. The summed E-state index contributed by atoms with van der Waals surface area (Å²) in [6.45, 7) is 15.1. The first kappa shape index (κ1) is 26.8. The highest BCUT2D eigenvalue weighted by molar-refractivity contribution is 8.93. The largest absolute Gasteiger partial charge is 0.507 e. The Hall–Kier alpha value is -2.40. The van der Waals surface area contributed by atoms with Crippen LogP contribution in [0.3, 0.4) is 0 Å². The molecule has 0 spiro atoms. The van der Waals surface area contributed by atoms with Gasteiger partial charge in [0.15, 0.2) is 5.78 Å². The summed E-state index contributed by atoms with van der Waals surface area (Å²) in [4.78, 5) is 15.1. The third-order valence-corrected chi connectivity index (χ3v) is 6.07. The van der Waals surface area contributed by atoms with E-state index in [0.717, 1.165) is 28.7 Å². The quantitative estimate of drug-likeness (QED) is 0.441. The molecule has 0 bridgehead atoms. The molecule has 0 unspecified atom stereocenters. The molecule has 2 aromatic carbocycles. The minimum absolute atomic E-state index is 0. The summed E-state index contributed by atoms with van der Waals surface area (Å²) < 4.78 is 0. The predicted octanol–water partition coefficient (Wildman–Crippen LogP) is 6.82. The number of ketones is 1. The number of phenols is 1. The Bertz CT molecular complexity index is 1040. The topological polar surface area (TPSA) is 64.4 Å². The number of halogens is 1. The van der Waals surface area contributed by atoms with Gasteiger partial charge in [0.1, 0.15) is 11.6 Å². The van der Waals surface area contributed by atoms with Crippen LogP contribution in [0.2, 0.25) is 0 Å². The van der Waals surface area contributed by atoms with E-state index in [1.165, 1.54) is 5.56 Å². The number of Topliss-reactive ketones (excluding diaryl/α,β-unsaturated/α-hetero) is 1. The van der Waals surface area contributed by atoms with Crippen LogP contribution in [0.4, 0.5) is 0 Å². The number of hydrogen-bond donors (Lipinski definition) is 2. The van der Waals surface area contributed by atoms with Crippen molar-refractivity contribution in [3.05, 3.63) is 69.8 Å². The molecule has 0 radical (unpaired) electrons. The fourth-order valence-electron chi connectivity index (χ4n) is 4.05. The van der Waals surface area contributed by atoms with E-state index in [-0.39, 0.29) is 45.9 Å². The third-order valence-electron chi connectivity index (χ3n) is 6.07. The van der Waals surface area contributed by atoms with Gasteiger partial charge in [-0.2, -0.15) is 0 Å². The summed E-state index contributed by atoms with van der Waals surface area (Å²) in [6, 6.07) is 11.9. The maximum atomic E-state index is 13.3. The SMILES string of the molecule is Br.Cc1ccc(/C=C2\CCN(CC(=O)c3cc(C(C)(C)C)c(O)c(C(C)(C)C)c3)C2=N)cc1. The molecule has 2 N–H and O–H groups in total. The van der Waals surface area contributed by atoms with Gasteiger partial charge in [0.25, 0.3) is 0 Å². The number of carbonyl (C=O) groups excluding carboxylic acids is 1. The molecule has 0 atom stereocenters. The molecule has 1 heterocycles. The average Bonchev–Trinajstić information content (AvgIpc) is 3.01. The molecule has 0 aromatic heterocycles. The van der Waals surface area contributed by atoms with Gasteiger partial charge in [0, 0.05) is 23.2 Å². The molecule has 0 aliphatic carbocycles. The number of likely N-dealkylation sites (tertiary alicyclic amines) is 1. The number of nitrogens with zero attached hydrogens (tertiary/aromatic N) is 1. The van der Waals surface area contributed by atoms with Gasteiger partial charge in [-0.15, -0.1) is 17.0 Å². The van der Waals surface area contributed by atoms with E-state index in [9.17, 15) is 9.90 Å². The Morgan fingerprint density at radius 2 is 1.55 bits per heavy atom. The Labute approximate surface area is 209 Å². The van der Waals surface area contributed by atoms with Crippen LogP contribution in [0.15, 0.2) is 42.0 Å². The average molecular weight is 514 g/mol. The van der Waals surface area contributed by atoms with Crippen molar-refractivity contribution in [3.8, 4) is 5.75 Å². The number of benzene rings is 2. The summed E-state index contributed by atoms with van der Waals surface area (Å²) in [7, 11) is 0. The van der Waals surface area contributed by atoms with E-state index in [1.807, 2.05) is 64.7 Å². The van der Waals surface area contributed by atoms with Crippen molar-refractivity contribution in [1.29, 1.82) is 5.41 Å². The van der Waals surface area contributed by atoms with Gasteiger partial charge in [-0.1, -0.05) is 71.4 Å². The molecule has 1 saturated heterocycles. The second kappa shape index (κ2) is 9.84. The van der Waals surface area contributed by atoms with Crippen molar-refractivity contribution < 1.29 is 9.90 Å². The van der Waals surface area contributed by atoms with Crippen molar-refractivity contribution in [2.45, 2.75) is 65.7 Å². The highest BCUT2D eigenvalue weighted by atomic mass is 79.9. The van der Waals surface area contributed by atoms with Crippen molar-refractivity contribution in [2.24, 2.45) is 0 Å². The molecule has 0 saturated carbocycles. The molecular formula is C28H37BrN2O2. The molecule has 1 fully saturated rings. The fourth-order valence-corrected chi connectivity index (χ4v) is 4.05. The third kappa shape index (κ3) is 6.14. The highest BCUT2D eigenvalue weighted by Crippen LogP contribution is 2.40.